The van der Waals surface area contributed by atoms with Crippen LogP contribution in [0.1, 0.15) is 33.3 Å². The topological polar surface area (TPSA) is 88.3 Å². The minimum atomic E-state index is -0.735. The van der Waals surface area contributed by atoms with Crippen molar-refractivity contribution in [2.75, 3.05) is 11.9 Å². The molecule has 6 nitrogen and oxygen atoms in total. The standard InChI is InChI=1S/C20H18N2O4/c1-3-26-20(25)13-8-10-14(11-9-13)22-19(24)18(23)17-12(2)21-16-7-5-4-6-15(16)17/h4-11,21H,3H2,1-2H3,(H,22,24). The first-order valence-electron chi connectivity index (χ1n) is 8.21. The molecule has 2 aromatic carbocycles. The monoisotopic (exact) mass is 350 g/mol. The number of benzene rings is 2. The van der Waals surface area contributed by atoms with Crippen LogP contribution in [0.15, 0.2) is 48.5 Å². The minimum Gasteiger partial charge on any atom is -0.462 e. The van der Waals surface area contributed by atoms with Gasteiger partial charge in [0, 0.05) is 22.3 Å². The van der Waals surface area contributed by atoms with E-state index >= 15 is 0 Å². The molecule has 0 fully saturated rings. The van der Waals surface area contributed by atoms with E-state index in [0.29, 0.717) is 27.9 Å². The number of H-pyrrole nitrogens is 1. The Morgan fingerprint density at radius 2 is 1.73 bits per heavy atom. The maximum atomic E-state index is 12.6. The number of fused-ring (bicyclic) bond motifs is 1. The van der Waals surface area contributed by atoms with E-state index in [1.54, 1.807) is 32.0 Å². The van der Waals surface area contributed by atoms with Gasteiger partial charge in [-0.3, -0.25) is 9.59 Å². The molecule has 132 valence electrons. The van der Waals surface area contributed by atoms with Gasteiger partial charge in [0.25, 0.3) is 11.7 Å². The lowest BCUT2D eigenvalue weighted by molar-refractivity contribution is -0.112. The number of nitrogens with one attached hydrogen (secondary N) is 2. The summed E-state index contributed by atoms with van der Waals surface area (Å²) in [5.41, 5.74) is 2.61. The van der Waals surface area contributed by atoms with E-state index in [-0.39, 0.29) is 6.61 Å². The van der Waals surface area contributed by atoms with E-state index in [1.165, 1.54) is 12.1 Å². The molecule has 1 aromatic heterocycles. The van der Waals surface area contributed by atoms with Gasteiger partial charge in [0.15, 0.2) is 0 Å². The Kier molecular flexibility index (Phi) is 4.84. The Bertz CT molecular complexity index is 987. The Balaban J connectivity index is 1.78. The zero-order valence-electron chi connectivity index (χ0n) is 14.5. The van der Waals surface area contributed by atoms with Gasteiger partial charge < -0.3 is 15.0 Å². The number of carbonyl (C=O) groups is 3. The van der Waals surface area contributed by atoms with Crippen molar-refractivity contribution in [1.29, 1.82) is 0 Å². The SMILES string of the molecule is CCOC(=O)c1ccc(NC(=O)C(=O)c2c(C)[nH]c3ccccc23)cc1. The second-order valence-electron chi connectivity index (χ2n) is 5.75. The summed E-state index contributed by atoms with van der Waals surface area (Å²) in [5.74, 6) is -1.79. The van der Waals surface area contributed by atoms with Crippen LogP contribution in [0.3, 0.4) is 0 Å². The Morgan fingerprint density at radius 3 is 2.42 bits per heavy atom. The highest BCUT2D eigenvalue weighted by Crippen LogP contribution is 2.23. The van der Waals surface area contributed by atoms with Crippen LogP contribution in [0.25, 0.3) is 10.9 Å². The van der Waals surface area contributed by atoms with Crippen LogP contribution in [-0.4, -0.2) is 29.3 Å². The van der Waals surface area contributed by atoms with Gasteiger partial charge in [-0.05, 0) is 44.2 Å². The number of ketones is 1. The number of aromatic nitrogens is 1. The molecule has 0 atom stereocenters. The molecule has 0 spiro atoms. The van der Waals surface area contributed by atoms with Crippen molar-refractivity contribution in [3.05, 3.63) is 65.4 Å². The van der Waals surface area contributed by atoms with Gasteiger partial charge >= 0.3 is 5.97 Å². The van der Waals surface area contributed by atoms with E-state index in [0.717, 1.165) is 5.52 Å². The van der Waals surface area contributed by atoms with Gasteiger partial charge in [0.2, 0.25) is 0 Å². The molecule has 26 heavy (non-hydrogen) atoms. The second kappa shape index (κ2) is 7.23. The summed E-state index contributed by atoms with van der Waals surface area (Å²) >= 11 is 0. The molecular weight excluding hydrogens is 332 g/mol. The van der Waals surface area contributed by atoms with Gasteiger partial charge in [-0.15, -0.1) is 0 Å². The summed E-state index contributed by atoms with van der Waals surface area (Å²) < 4.78 is 4.91. The Labute approximate surface area is 150 Å². The predicted molar refractivity (Wildman–Crippen MR) is 98.4 cm³/mol. The van der Waals surface area contributed by atoms with Gasteiger partial charge in [0.05, 0.1) is 17.7 Å². The van der Waals surface area contributed by atoms with Crippen molar-refractivity contribution < 1.29 is 19.1 Å². The average Bonchev–Trinajstić information content (AvgIpc) is 2.97. The molecule has 0 bridgehead atoms. The summed E-state index contributed by atoms with van der Waals surface area (Å²) in [5, 5.41) is 3.28. The molecule has 0 aliphatic heterocycles. The van der Waals surface area contributed by atoms with Crippen LogP contribution < -0.4 is 5.32 Å². The van der Waals surface area contributed by atoms with E-state index in [1.807, 2.05) is 18.2 Å². The quantitative estimate of drug-likeness (QED) is 0.419. The molecule has 3 aromatic rings. The molecule has 0 saturated carbocycles. The van der Waals surface area contributed by atoms with Crippen molar-refractivity contribution >= 4 is 34.3 Å². The predicted octanol–water partition coefficient (Wildman–Crippen LogP) is 3.47. The Hall–Kier alpha value is -3.41. The second-order valence-corrected chi connectivity index (χ2v) is 5.75. The first-order chi connectivity index (χ1) is 12.5. The van der Waals surface area contributed by atoms with Crippen molar-refractivity contribution in [3.63, 3.8) is 0 Å². The maximum Gasteiger partial charge on any atom is 0.338 e. The van der Waals surface area contributed by atoms with Crippen LogP contribution >= 0.6 is 0 Å². The molecule has 0 unspecified atom stereocenters. The number of Topliss-reactive ketones (excluding diaryl/α,β-unsaturated/α-hetero) is 1. The van der Waals surface area contributed by atoms with Crippen molar-refractivity contribution in [2.24, 2.45) is 0 Å². The van der Waals surface area contributed by atoms with Gasteiger partial charge in [-0.2, -0.15) is 0 Å². The van der Waals surface area contributed by atoms with Crippen LogP contribution in [0.2, 0.25) is 0 Å². The van der Waals surface area contributed by atoms with Crippen LogP contribution in [0.4, 0.5) is 5.69 Å². The smallest absolute Gasteiger partial charge is 0.338 e. The first kappa shape index (κ1) is 17.4. The summed E-state index contributed by atoms with van der Waals surface area (Å²) in [4.78, 5) is 39.7. The molecule has 2 N–H and O–H groups in total. The summed E-state index contributed by atoms with van der Waals surface area (Å²) in [6, 6.07) is 13.5. The summed E-state index contributed by atoms with van der Waals surface area (Å²) in [7, 11) is 0. The maximum absolute atomic E-state index is 12.6. The molecule has 0 aliphatic rings. The van der Waals surface area contributed by atoms with Crippen molar-refractivity contribution in [2.45, 2.75) is 13.8 Å². The number of para-hydroxylation sites is 1. The van der Waals surface area contributed by atoms with Crippen molar-refractivity contribution in [1.82, 2.24) is 4.98 Å². The molecule has 6 heteroatoms. The normalized spacial score (nSPS) is 10.5. The van der Waals surface area contributed by atoms with Crippen molar-refractivity contribution in [3.8, 4) is 0 Å². The zero-order valence-corrected chi connectivity index (χ0v) is 14.5. The van der Waals surface area contributed by atoms with E-state index < -0.39 is 17.7 Å². The zero-order chi connectivity index (χ0) is 18.7. The molecule has 0 saturated heterocycles. The lowest BCUT2D eigenvalue weighted by atomic mass is 10.1. The van der Waals surface area contributed by atoms with Gasteiger partial charge in [0.1, 0.15) is 0 Å². The van der Waals surface area contributed by atoms with Crippen LogP contribution in [0, 0.1) is 6.92 Å². The fraction of sp³-hybridized carbons (Fsp3) is 0.150. The number of anilines is 1. The number of carbonyl (C=O) groups excluding carboxylic acids is 3. The summed E-state index contributed by atoms with van der Waals surface area (Å²) in [6.07, 6.45) is 0. The van der Waals surface area contributed by atoms with E-state index in [4.69, 9.17) is 4.74 Å². The number of amides is 1. The van der Waals surface area contributed by atoms with Gasteiger partial charge in [-0.25, -0.2) is 4.79 Å². The number of aromatic amines is 1. The summed E-state index contributed by atoms with van der Waals surface area (Å²) in [6.45, 7) is 3.77. The number of ether oxygens (including phenoxy) is 1. The number of aryl methyl sites for hydroxylation is 1. The molecule has 1 heterocycles. The highest BCUT2D eigenvalue weighted by Gasteiger charge is 2.22. The number of hydrogen-bond donors (Lipinski definition) is 2. The Morgan fingerprint density at radius 1 is 1.04 bits per heavy atom. The third kappa shape index (κ3) is 3.35. The van der Waals surface area contributed by atoms with Crippen LogP contribution in [0.5, 0.6) is 0 Å². The molecular formula is C20H18N2O4. The van der Waals surface area contributed by atoms with E-state index in [9.17, 15) is 14.4 Å². The fourth-order valence-corrected chi connectivity index (χ4v) is 2.77. The lowest BCUT2D eigenvalue weighted by Gasteiger charge is -2.06. The van der Waals surface area contributed by atoms with E-state index in [2.05, 4.69) is 10.3 Å². The first-order valence-corrected chi connectivity index (χ1v) is 8.21. The highest BCUT2D eigenvalue weighted by molar-refractivity contribution is 6.48. The molecule has 0 aliphatic carbocycles. The molecule has 1 amide bonds. The fourth-order valence-electron chi connectivity index (χ4n) is 2.77. The molecule has 3 rings (SSSR count). The lowest BCUT2D eigenvalue weighted by Crippen LogP contribution is -2.23. The highest BCUT2D eigenvalue weighted by atomic mass is 16.5. The minimum absolute atomic E-state index is 0.287. The van der Waals surface area contributed by atoms with Gasteiger partial charge in [-0.1, -0.05) is 18.2 Å². The number of esters is 1. The third-order valence-electron chi connectivity index (χ3n) is 3.98. The largest absolute Gasteiger partial charge is 0.462 e. The van der Waals surface area contributed by atoms with Crippen LogP contribution in [-0.2, 0) is 9.53 Å². The third-order valence-corrected chi connectivity index (χ3v) is 3.98. The number of hydrogen-bond acceptors (Lipinski definition) is 4. The average molecular weight is 350 g/mol. The molecule has 0 radical (unpaired) electrons. The number of rotatable bonds is 5.